The molecule has 0 aliphatic rings. The molecule has 40 heavy (non-hydrogen) atoms. The number of allylic oxidation sites excluding steroid dienone is 6. The minimum atomic E-state index is -0.786. The SMILES string of the molecule is CCCCCC=CCC=CCC=CCCCCC(=O)OC(CO)COC(=O)CCCCCCCCCCCCC. The Kier molecular flexibility index (Phi) is 30.2. The van der Waals surface area contributed by atoms with Gasteiger partial charge in [-0.1, -0.05) is 127 Å². The Hall–Kier alpha value is -1.88. The van der Waals surface area contributed by atoms with Crippen LogP contribution < -0.4 is 0 Å². The summed E-state index contributed by atoms with van der Waals surface area (Å²) in [5, 5.41) is 9.48. The lowest BCUT2D eigenvalue weighted by atomic mass is 10.1. The highest BCUT2D eigenvalue weighted by atomic mass is 16.6. The molecule has 232 valence electrons. The molecule has 0 fully saturated rings. The molecule has 0 aromatic carbocycles. The zero-order chi connectivity index (χ0) is 29.4. The predicted molar refractivity (Wildman–Crippen MR) is 168 cm³/mol. The minimum Gasteiger partial charge on any atom is -0.462 e. The molecule has 0 heterocycles. The number of aliphatic hydroxyl groups is 1. The van der Waals surface area contributed by atoms with E-state index < -0.39 is 6.10 Å². The molecule has 1 atom stereocenters. The molecule has 0 aromatic heterocycles. The van der Waals surface area contributed by atoms with Gasteiger partial charge in [0, 0.05) is 12.8 Å². The molecule has 1 unspecified atom stereocenters. The fourth-order valence-corrected chi connectivity index (χ4v) is 4.38. The van der Waals surface area contributed by atoms with E-state index in [4.69, 9.17) is 9.47 Å². The summed E-state index contributed by atoms with van der Waals surface area (Å²) in [7, 11) is 0. The molecular weight excluding hydrogens is 500 g/mol. The Balaban J connectivity index is 3.68. The van der Waals surface area contributed by atoms with Crippen LogP contribution in [0.3, 0.4) is 0 Å². The first kappa shape index (κ1) is 38.1. The van der Waals surface area contributed by atoms with E-state index in [1.54, 1.807) is 0 Å². The van der Waals surface area contributed by atoms with Crippen LogP contribution in [0.1, 0.15) is 155 Å². The summed E-state index contributed by atoms with van der Waals surface area (Å²) in [6, 6.07) is 0. The molecule has 0 aromatic rings. The monoisotopic (exact) mass is 562 g/mol. The summed E-state index contributed by atoms with van der Waals surface area (Å²) in [6.45, 7) is 4.05. The van der Waals surface area contributed by atoms with Crippen LogP contribution in [0, 0.1) is 0 Å². The molecule has 0 bridgehead atoms. The molecule has 1 N–H and O–H groups in total. The van der Waals surface area contributed by atoms with Crippen LogP contribution in [-0.4, -0.2) is 36.4 Å². The van der Waals surface area contributed by atoms with Crippen LogP contribution in [0.2, 0.25) is 0 Å². The second-order valence-electron chi connectivity index (χ2n) is 10.9. The highest BCUT2D eigenvalue weighted by Crippen LogP contribution is 2.12. The Morgan fingerprint density at radius 1 is 0.575 bits per heavy atom. The standard InChI is InChI=1S/C35H62O5/c1-3-5-7-9-11-13-15-16-17-18-20-22-24-26-28-30-35(38)40-33(31-36)32-39-34(37)29-27-25-23-21-19-14-12-10-8-6-4-2/h11,13,16-17,20,22,33,36H,3-10,12,14-15,18-19,21,23-32H2,1-2H3. The summed E-state index contributed by atoms with van der Waals surface area (Å²) >= 11 is 0. The predicted octanol–water partition coefficient (Wildman–Crippen LogP) is 9.72. The maximum absolute atomic E-state index is 12.1. The number of hydrogen-bond acceptors (Lipinski definition) is 5. The zero-order valence-electron chi connectivity index (χ0n) is 26.1. The first-order chi connectivity index (χ1) is 19.6. The van der Waals surface area contributed by atoms with E-state index in [0.29, 0.717) is 12.8 Å². The van der Waals surface area contributed by atoms with Crippen LogP contribution in [0.4, 0.5) is 0 Å². The quantitative estimate of drug-likeness (QED) is 0.0558. The maximum Gasteiger partial charge on any atom is 0.306 e. The molecule has 0 aliphatic heterocycles. The number of hydrogen-bond donors (Lipinski definition) is 1. The lowest BCUT2D eigenvalue weighted by Gasteiger charge is -2.15. The van der Waals surface area contributed by atoms with Gasteiger partial charge in [-0.2, -0.15) is 0 Å². The summed E-state index contributed by atoms with van der Waals surface area (Å²) in [5.41, 5.74) is 0. The van der Waals surface area contributed by atoms with Gasteiger partial charge in [0.15, 0.2) is 6.10 Å². The molecule has 0 amide bonds. The van der Waals surface area contributed by atoms with Crippen molar-refractivity contribution in [3.63, 3.8) is 0 Å². The van der Waals surface area contributed by atoms with E-state index in [1.165, 1.54) is 77.0 Å². The number of rotatable bonds is 29. The van der Waals surface area contributed by atoms with Crippen molar-refractivity contribution in [1.29, 1.82) is 0 Å². The molecule has 0 spiro atoms. The number of ether oxygens (including phenoxy) is 2. The Labute approximate surface area is 246 Å². The van der Waals surface area contributed by atoms with Gasteiger partial charge in [-0.15, -0.1) is 0 Å². The number of esters is 2. The second-order valence-corrected chi connectivity index (χ2v) is 10.9. The van der Waals surface area contributed by atoms with Gasteiger partial charge in [0.05, 0.1) is 6.61 Å². The van der Waals surface area contributed by atoms with Crippen molar-refractivity contribution >= 4 is 11.9 Å². The smallest absolute Gasteiger partial charge is 0.306 e. The Morgan fingerprint density at radius 3 is 1.55 bits per heavy atom. The summed E-state index contributed by atoms with van der Waals surface area (Å²) < 4.78 is 10.5. The van der Waals surface area contributed by atoms with Crippen molar-refractivity contribution in [2.45, 2.75) is 161 Å². The average Bonchev–Trinajstić information content (AvgIpc) is 2.96. The van der Waals surface area contributed by atoms with Crippen LogP contribution in [0.25, 0.3) is 0 Å². The van der Waals surface area contributed by atoms with Crippen LogP contribution in [0.5, 0.6) is 0 Å². The van der Waals surface area contributed by atoms with Crippen molar-refractivity contribution in [2.24, 2.45) is 0 Å². The van der Waals surface area contributed by atoms with Crippen molar-refractivity contribution in [1.82, 2.24) is 0 Å². The van der Waals surface area contributed by atoms with Crippen molar-refractivity contribution in [3.8, 4) is 0 Å². The number of carbonyl (C=O) groups is 2. The molecule has 0 aliphatic carbocycles. The van der Waals surface area contributed by atoms with Gasteiger partial charge in [-0.3, -0.25) is 9.59 Å². The summed E-state index contributed by atoms with van der Waals surface area (Å²) in [6.07, 6.45) is 36.2. The number of unbranched alkanes of at least 4 members (excludes halogenated alkanes) is 15. The van der Waals surface area contributed by atoms with Crippen LogP contribution in [-0.2, 0) is 19.1 Å². The zero-order valence-corrected chi connectivity index (χ0v) is 26.1. The van der Waals surface area contributed by atoms with E-state index in [1.807, 2.05) is 0 Å². The van der Waals surface area contributed by atoms with Gasteiger partial charge in [0.2, 0.25) is 0 Å². The van der Waals surface area contributed by atoms with E-state index in [2.05, 4.69) is 50.3 Å². The van der Waals surface area contributed by atoms with Crippen LogP contribution >= 0.6 is 0 Å². The third kappa shape index (κ3) is 29.1. The second kappa shape index (κ2) is 31.6. The molecule has 0 radical (unpaired) electrons. The molecule has 5 heteroatoms. The highest BCUT2D eigenvalue weighted by Gasteiger charge is 2.16. The number of aliphatic hydroxyl groups excluding tert-OH is 1. The molecule has 0 saturated carbocycles. The average molecular weight is 563 g/mol. The van der Waals surface area contributed by atoms with E-state index in [-0.39, 0.29) is 25.2 Å². The van der Waals surface area contributed by atoms with Gasteiger partial charge < -0.3 is 14.6 Å². The Morgan fingerprint density at radius 2 is 1.00 bits per heavy atom. The molecule has 0 saturated heterocycles. The topological polar surface area (TPSA) is 72.8 Å². The minimum absolute atomic E-state index is 0.0794. The molecule has 5 nitrogen and oxygen atoms in total. The summed E-state index contributed by atoms with van der Waals surface area (Å²) in [4.78, 5) is 24.0. The first-order valence-corrected chi connectivity index (χ1v) is 16.5. The highest BCUT2D eigenvalue weighted by molar-refractivity contribution is 5.70. The third-order valence-corrected chi connectivity index (χ3v) is 6.94. The van der Waals surface area contributed by atoms with Crippen molar-refractivity contribution in [3.05, 3.63) is 36.5 Å². The molecular formula is C35H62O5. The fraction of sp³-hybridized carbons (Fsp3) is 0.771. The first-order valence-electron chi connectivity index (χ1n) is 16.5. The normalized spacial score (nSPS) is 12.6. The van der Waals surface area contributed by atoms with Crippen LogP contribution in [0.15, 0.2) is 36.5 Å². The lowest BCUT2D eigenvalue weighted by molar-refractivity contribution is -0.161. The van der Waals surface area contributed by atoms with Gasteiger partial charge >= 0.3 is 11.9 Å². The lowest BCUT2D eigenvalue weighted by Crippen LogP contribution is -2.28. The van der Waals surface area contributed by atoms with Gasteiger partial charge in [0.1, 0.15) is 6.61 Å². The van der Waals surface area contributed by atoms with E-state index >= 15 is 0 Å². The van der Waals surface area contributed by atoms with Gasteiger partial charge in [-0.05, 0) is 51.4 Å². The third-order valence-electron chi connectivity index (χ3n) is 6.94. The summed E-state index contributed by atoms with van der Waals surface area (Å²) in [5.74, 6) is -0.638. The maximum atomic E-state index is 12.1. The fourth-order valence-electron chi connectivity index (χ4n) is 4.38. The van der Waals surface area contributed by atoms with E-state index in [0.717, 1.165) is 51.4 Å². The molecule has 0 rings (SSSR count). The van der Waals surface area contributed by atoms with Crippen molar-refractivity contribution < 1.29 is 24.2 Å². The Bertz CT molecular complexity index is 652. The largest absolute Gasteiger partial charge is 0.462 e. The number of carbonyl (C=O) groups excluding carboxylic acids is 2. The van der Waals surface area contributed by atoms with E-state index in [9.17, 15) is 14.7 Å². The van der Waals surface area contributed by atoms with Crippen molar-refractivity contribution in [2.75, 3.05) is 13.2 Å². The van der Waals surface area contributed by atoms with Gasteiger partial charge in [-0.25, -0.2) is 0 Å². The van der Waals surface area contributed by atoms with Gasteiger partial charge in [0.25, 0.3) is 0 Å².